The topological polar surface area (TPSA) is 62.1 Å². The van der Waals surface area contributed by atoms with E-state index in [1.54, 1.807) is 0 Å². The number of carbonyl (C=O) groups is 1. The summed E-state index contributed by atoms with van der Waals surface area (Å²) in [7, 11) is 0. The van der Waals surface area contributed by atoms with Crippen molar-refractivity contribution in [2.45, 2.75) is 45.8 Å². The van der Waals surface area contributed by atoms with Gasteiger partial charge in [-0.15, -0.1) is 0 Å². The summed E-state index contributed by atoms with van der Waals surface area (Å²) in [4.78, 5) is 13.2. The zero-order valence-corrected chi connectivity index (χ0v) is 9.87. The quantitative estimate of drug-likeness (QED) is 0.494. The van der Waals surface area contributed by atoms with Crippen molar-refractivity contribution in [1.82, 2.24) is 4.90 Å². The van der Waals surface area contributed by atoms with Crippen LogP contribution in [0.15, 0.2) is 5.16 Å². The highest BCUT2D eigenvalue weighted by Crippen LogP contribution is 2.29. The Balaban J connectivity index is 2.66. The van der Waals surface area contributed by atoms with Crippen LogP contribution in [0.5, 0.6) is 0 Å². The zero-order chi connectivity index (χ0) is 11.9. The molecule has 0 aromatic heterocycles. The minimum atomic E-state index is -0.545. The van der Waals surface area contributed by atoms with Gasteiger partial charge in [0.25, 0.3) is 0 Å². The van der Waals surface area contributed by atoms with Crippen LogP contribution < -0.4 is 0 Å². The molecule has 0 unspecified atom stereocenters. The normalized spacial score (nSPS) is 22.5. The van der Waals surface area contributed by atoms with Crippen LogP contribution in [0.25, 0.3) is 0 Å². The summed E-state index contributed by atoms with van der Waals surface area (Å²) in [6.45, 7) is 9.42. The van der Waals surface area contributed by atoms with Crippen molar-refractivity contribution in [1.29, 1.82) is 0 Å². The van der Waals surface area contributed by atoms with E-state index in [0.717, 1.165) is 0 Å². The van der Waals surface area contributed by atoms with Crippen molar-refractivity contribution in [2.75, 3.05) is 6.54 Å². The van der Waals surface area contributed by atoms with Crippen molar-refractivity contribution in [3.05, 3.63) is 0 Å². The van der Waals surface area contributed by atoms with Gasteiger partial charge >= 0.3 is 6.09 Å². The Labute approximate surface area is 89.7 Å². The number of likely N-dealkylation sites (tertiary alicyclic amines) is 1. The molecule has 0 bridgehead atoms. The maximum absolute atomic E-state index is 11.7. The summed E-state index contributed by atoms with van der Waals surface area (Å²) in [5.41, 5.74) is -0.454. The highest BCUT2D eigenvalue weighted by Gasteiger charge is 2.48. The minimum absolute atomic E-state index is 0.332. The molecule has 0 saturated carbocycles. The Kier molecular flexibility index (Phi) is 2.67. The van der Waals surface area contributed by atoms with Crippen LogP contribution in [0, 0.1) is 0 Å². The first-order valence-corrected chi connectivity index (χ1v) is 4.90. The molecule has 0 aromatic rings. The second-order valence-corrected chi connectivity index (χ2v) is 5.17. The molecule has 86 valence electrons. The number of rotatable bonds is 0. The summed E-state index contributed by atoms with van der Waals surface area (Å²) in [6.07, 6.45) is -0.375. The maximum Gasteiger partial charge on any atom is 0.411 e. The largest absolute Gasteiger partial charge is 0.444 e. The second kappa shape index (κ2) is 3.40. The number of hydrogen-bond acceptors (Lipinski definition) is 4. The third kappa shape index (κ3) is 2.22. The molecule has 1 N–H and O–H groups in total. The number of ether oxygens (including phenoxy) is 1. The zero-order valence-electron chi connectivity index (χ0n) is 9.87. The summed E-state index contributed by atoms with van der Waals surface area (Å²) < 4.78 is 5.22. The first-order valence-electron chi connectivity index (χ1n) is 4.90. The van der Waals surface area contributed by atoms with Gasteiger partial charge in [0.2, 0.25) is 0 Å². The average molecular weight is 214 g/mol. The molecule has 0 spiro atoms. The van der Waals surface area contributed by atoms with Crippen LogP contribution in [0.2, 0.25) is 0 Å². The van der Waals surface area contributed by atoms with E-state index in [0.29, 0.717) is 12.3 Å². The Morgan fingerprint density at radius 2 is 2.07 bits per heavy atom. The molecule has 1 amide bonds. The number of amides is 1. The highest BCUT2D eigenvalue weighted by atomic mass is 16.6. The van der Waals surface area contributed by atoms with Crippen LogP contribution in [0.4, 0.5) is 4.79 Å². The first-order chi connectivity index (χ1) is 6.68. The lowest BCUT2D eigenvalue weighted by Crippen LogP contribution is -2.67. The molecule has 5 heteroatoms. The van der Waals surface area contributed by atoms with Crippen LogP contribution in [0.1, 0.15) is 34.6 Å². The molecule has 0 radical (unpaired) electrons. The van der Waals surface area contributed by atoms with E-state index in [-0.39, 0.29) is 6.09 Å². The Morgan fingerprint density at radius 1 is 1.53 bits per heavy atom. The third-order valence-corrected chi connectivity index (χ3v) is 2.42. The van der Waals surface area contributed by atoms with E-state index in [4.69, 9.17) is 9.94 Å². The monoisotopic (exact) mass is 214 g/mol. The molecule has 1 saturated heterocycles. The minimum Gasteiger partial charge on any atom is -0.444 e. The SMILES string of the molecule is CC(C)(C)OC(=O)N1C/C(=N/O)C1(C)C. The standard InChI is InChI=1S/C10H18N2O3/c1-9(2,3)15-8(13)12-6-7(11-14)10(12,4)5/h14H,6H2,1-5H3/b11-7-. The molecule has 1 fully saturated rings. The molecule has 1 rings (SSSR count). The third-order valence-electron chi connectivity index (χ3n) is 2.42. The maximum atomic E-state index is 11.7. The van der Waals surface area contributed by atoms with Gasteiger partial charge in [0, 0.05) is 0 Å². The van der Waals surface area contributed by atoms with E-state index < -0.39 is 11.1 Å². The predicted molar refractivity (Wildman–Crippen MR) is 56.2 cm³/mol. The average Bonchev–Trinajstić information content (AvgIpc) is 1.99. The van der Waals surface area contributed by atoms with Gasteiger partial charge < -0.3 is 9.94 Å². The number of hydrogen-bond donors (Lipinski definition) is 1. The van der Waals surface area contributed by atoms with Crippen LogP contribution in [0.3, 0.4) is 0 Å². The molecule has 1 aliphatic rings. The van der Waals surface area contributed by atoms with Gasteiger partial charge in [-0.05, 0) is 34.6 Å². The number of oxime groups is 1. The molecule has 0 aromatic carbocycles. The molecule has 1 aliphatic heterocycles. The van der Waals surface area contributed by atoms with Gasteiger partial charge in [0.15, 0.2) is 0 Å². The lowest BCUT2D eigenvalue weighted by atomic mass is 9.87. The van der Waals surface area contributed by atoms with Crippen LogP contribution in [-0.4, -0.2) is 39.6 Å². The van der Waals surface area contributed by atoms with Crippen LogP contribution >= 0.6 is 0 Å². The molecular formula is C10H18N2O3. The van der Waals surface area contributed by atoms with E-state index in [1.807, 2.05) is 34.6 Å². The van der Waals surface area contributed by atoms with Gasteiger partial charge in [-0.25, -0.2) is 4.79 Å². The molecule has 15 heavy (non-hydrogen) atoms. The summed E-state index contributed by atoms with van der Waals surface area (Å²) in [6, 6.07) is 0. The van der Waals surface area contributed by atoms with Gasteiger partial charge in [-0.2, -0.15) is 0 Å². The smallest absolute Gasteiger partial charge is 0.411 e. The summed E-state index contributed by atoms with van der Waals surface area (Å²) in [5.74, 6) is 0. The fraction of sp³-hybridized carbons (Fsp3) is 0.800. The fourth-order valence-corrected chi connectivity index (χ4v) is 1.37. The lowest BCUT2D eigenvalue weighted by Gasteiger charge is -2.48. The van der Waals surface area contributed by atoms with Crippen molar-refractivity contribution in [2.24, 2.45) is 5.16 Å². The predicted octanol–water partition coefficient (Wildman–Crippen LogP) is 1.85. The second-order valence-electron chi connectivity index (χ2n) is 5.17. The fourth-order valence-electron chi connectivity index (χ4n) is 1.37. The molecule has 0 aliphatic carbocycles. The Bertz CT molecular complexity index is 302. The van der Waals surface area contributed by atoms with Gasteiger partial charge in [-0.1, -0.05) is 5.16 Å². The molecule has 0 atom stereocenters. The molecule has 5 nitrogen and oxygen atoms in total. The van der Waals surface area contributed by atoms with Gasteiger partial charge in [0.05, 0.1) is 12.1 Å². The van der Waals surface area contributed by atoms with E-state index >= 15 is 0 Å². The van der Waals surface area contributed by atoms with Crippen molar-refractivity contribution >= 4 is 11.8 Å². The van der Waals surface area contributed by atoms with Crippen LogP contribution in [-0.2, 0) is 4.74 Å². The Hall–Kier alpha value is -1.26. The van der Waals surface area contributed by atoms with Crippen molar-refractivity contribution in [3.63, 3.8) is 0 Å². The van der Waals surface area contributed by atoms with E-state index in [1.165, 1.54) is 4.90 Å². The van der Waals surface area contributed by atoms with E-state index in [2.05, 4.69) is 5.16 Å². The van der Waals surface area contributed by atoms with Gasteiger partial charge in [0.1, 0.15) is 11.3 Å². The molecular weight excluding hydrogens is 196 g/mol. The van der Waals surface area contributed by atoms with E-state index in [9.17, 15) is 4.79 Å². The summed E-state index contributed by atoms with van der Waals surface area (Å²) in [5, 5.41) is 11.8. The highest BCUT2D eigenvalue weighted by molar-refractivity contribution is 6.04. The first kappa shape index (κ1) is 11.8. The Morgan fingerprint density at radius 3 is 2.40 bits per heavy atom. The van der Waals surface area contributed by atoms with Gasteiger partial charge in [-0.3, -0.25) is 4.90 Å². The molecule has 1 heterocycles. The lowest BCUT2D eigenvalue weighted by molar-refractivity contribution is 0.00648. The van der Waals surface area contributed by atoms with Crippen molar-refractivity contribution < 1.29 is 14.7 Å². The van der Waals surface area contributed by atoms with Crippen molar-refractivity contribution in [3.8, 4) is 0 Å². The number of nitrogens with zero attached hydrogens (tertiary/aromatic N) is 2. The summed E-state index contributed by atoms with van der Waals surface area (Å²) >= 11 is 0. The number of carbonyl (C=O) groups excluding carboxylic acids is 1.